The van der Waals surface area contributed by atoms with Crippen molar-refractivity contribution >= 4 is 20.7 Å². The molecule has 2 aliphatic heterocycles. The van der Waals surface area contributed by atoms with Crippen LogP contribution in [0.3, 0.4) is 0 Å². The highest BCUT2D eigenvalue weighted by molar-refractivity contribution is 7.91. The summed E-state index contributed by atoms with van der Waals surface area (Å²) in [5.41, 5.74) is 8.57. The molecule has 34 heavy (non-hydrogen) atoms. The number of aromatic amines is 1. The number of pyridine rings is 1. The van der Waals surface area contributed by atoms with Crippen molar-refractivity contribution in [1.82, 2.24) is 14.9 Å². The van der Waals surface area contributed by atoms with E-state index in [9.17, 15) is 8.42 Å². The molecule has 0 atom stereocenters. The van der Waals surface area contributed by atoms with E-state index in [2.05, 4.69) is 72.9 Å². The zero-order chi connectivity index (χ0) is 24.0. The molecule has 2 fully saturated rings. The lowest BCUT2D eigenvalue weighted by molar-refractivity contribution is 0.142. The van der Waals surface area contributed by atoms with Crippen LogP contribution < -0.4 is 0 Å². The Bertz CT molecular complexity index is 1270. The summed E-state index contributed by atoms with van der Waals surface area (Å²) in [4.78, 5) is 10.8. The highest BCUT2D eigenvalue weighted by atomic mass is 32.2. The normalized spacial score (nSPS) is 20.4. The highest BCUT2D eigenvalue weighted by Crippen LogP contribution is 2.39. The van der Waals surface area contributed by atoms with Crippen LogP contribution in [0.4, 0.5) is 0 Å². The lowest BCUT2D eigenvalue weighted by Gasteiger charge is -2.39. The third-order valence-corrected chi connectivity index (χ3v) is 9.57. The van der Waals surface area contributed by atoms with E-state index in [1.54, 1.807) is 0 Å². The number of aryl methyl sites for hydroxylation is 2. The van der Waals surface area contributed by atoms with Gasteiger partial charge in [-0.05, 0) is 99.8 Å². The number of hydrogen-bond acceptors (Lipinski definition) is 4. The van der Waals surface area contributed by atoms with Crippen LogP contribution in [0.2, 0.25) is 0 Å². The van der Waals surface area contributed by atoms with Gasteiger partial charge in [0.2, 0.25) is 0 Å². The predicted molar refractivity (Wildman–Crippen MR) is 140 cm³/mol. The van der Waals surface area contributed by atoms with Crippen molar-refractivity contribution in [2.45, 2.75) is 71.3 Å². The maximum atomic E-state index is 11.8. The van der Waals surface area contributed by atoms with E-state index < -0.39 is 9.84 Å². The molecule has 1 aromatic carbocycles. The number of H-pyrrole nitrogens is 1. The Morgan fingerprint density at radius 1 is 0.971 bits per heavy atom. The average molecular weight is 480 g/mol. The molecule has 0 radical (unpaired) electrons. The quantitative estimate of drug-likeness (QED) is 0.519. The van der Waals surface area contributed by atoms with Gasteiger partial charge in [0.05, 0.1) is 17.2 Å². The first-order valence-electron chi connectivity index (χ1n) is 12.8. The number of rotatable bonds is 4. The number of nitrogens with one attached hydrogen (secondary N) is 1. The molecule has 2 aromatic heterocycles. The summed E-state index contributed by atoms with van der Waals surface area (Å²) in [5.74, 6) is 1.70. The van der Waals surface area contributed by atoms with Crippen molar-refractivity contribution in [2.75, 3.05) is 24.6 Å². The molecule has 6 heteroatoms. The standard InChI is InChI=1S/C28H37N3O2S/c1-18(2)27-25-17-22(5-6-26(25)30-28(27)23-15-19(3)29-20(4)16-23)21-7-11-31(12-8-21)24-9-13-34(32,33)14-10-24/h5-6,15-18,21,24,30H,7-14H2,1-4H3. The second-order valence-electron chi connectivity index (χ2n) is 10.7. The number of fused-ring (bicyclic) bond motifs is 1. The third kappa shape index (κ3) is 4.67. The van der Waals surface area contributed by atoms with Gasteiger partial charge in [0.25, 0.3) is 0 Å². The van der Waals surface area contributed by atoms with Crippen LogP contribution in [0.15, 0.2) is 30.3 Å². The van der Waals surface area contributed by atoms with E-state index in [0.717, 1.165) is 50.2 Å². The molecule has 0 saturated carbocycles. The lowest BCUT2D eigenvalue weighted by Crippen LogP contribution is -2.44. The summed E-state index contributed by atoms with van der Waals surface area (Å²) in [5, 5.41) is 1.34. The minimum atomic E-state index is -2.80. The minimum Gasteiger partial charge on any atom is -0.354 e. The van der Waals surface area contributed by atoms with E-state index in [4.69, 9.17) is 0 Å². The van der Waals surface area contributed by atoms with Gasteiger partial charge < -0.3 is 9.88 Å². The number of aromatic nitrogens is 2. The van der Waals surface area contributed by atoms with Gasteiger partial charge in [-0.1, -0.05) is 19.9 Å². The number of piperidine rings is 1. The monoisotopic (exact) mass is 479 g/mol. The van der Waals surface area contributed by atoms with Crippen molar-refractivity contribution < 1.29 is 8.42 Å². The van der Waals surface area contributed by atoms with Crippen molar-refractivity contribution in [3.63, 3.8) is 0 Å². The van der Waals surface area contributed by atoms with Gasteiger partial charge in [0, 0.05) is 33.9 Å². The Morgan fingerprint density at radius 3 is 2.24 bits per heavy atom. The minimum absolute atomic E-state index is 0.360. The highest BCUT2D eigenvalue weighted by Gasteiger charge is 2.31. The molecule has 0 aliphatic carbocycles. The zero-order valence-corrected chi connectivity index (χ0v) is 21.7. The second kappa shape index (κ2) is 9.12. The van der Waals surface area contributed by atoms with Crippen LogP contribution in [-0.2, 0) is 9.84 Å². The summed E-state index contributed by atoms with van der Waals surface area (Å²) in [6, 6.07) is 11.8. The SMILES string of the molecule is Cc1cc(-c2[nH]c3ccc(C4CCN(C5CCS(=O)(=O)CC5)CC4)cc3c2C(C)C)cc(C)n1. The Balaban J connectivity index is 1.39. The Labute approximate surface area is 203 Å². The molecular weight excluding hydrogens is 442 g/mol. The topological polar surface area (TPSA) is 66.1 Å². The zero-order valence-electron chi connectivity index (χ0n) is 20.9. The smallest absolute Gasteiger partial charge is 0.150 e. The molecule has 5 nitrogen and oxygen atoms in total. The number of hydrogen-bond donors (Lipinski definition) is 1. The average Bonchev–Trinajstić information content (AvgIpc) is 3.18. The van der Waals surface area contributed by atoms with E-state index in [1.807, 2.05) is 0 Å². The summed E-state index contributed by atoms with van der Waals surface area (Å²) in [7, 11) is -2.80. The maximum Gasteiger partial charge on any atom is 0.150 e. The number of benzene rings is 1. The Morgan fingerprint density at radius 2 is 1.62 bits per heavy atom. The first kappa shape index (κ1) is 23.6. The molecule has 3 aromatic rings. The number of nitrogens with zero attached hydrogens (tertiary/aromatic N) is 2. The van der Waals surface area contributed by atoms with Crippen LogP contribution in [0.25, 0.3) is 22.2 Å². The molecule has 2 saturated heterocycles. The van der Waals surface area contributed by atoms with Crippen molar-refractivity contribution in [2.24, 2.45) is 0 Å². The van der Waals surface area contributed by atoms with Gasteiger partial charge in [0.15, 0.2) is 0 Å². The van der Waals surface area contributed by atoms with Crippen LogP contribution in [-0.4, -0.2) is 53.9 Å². The summed E-state index contributed by atoms with van der Waals surface area (Å²) in [6.07, 6.45) is 3.89. The summed E-state index contributed by atoms with van der Waals surface area (Å²) < 4.78 is 23.6. The first-order valence-corrected chi connectivity index (χ1v) is 14.6. The van der Waals surface area contributed by atoms with E-state index >= 15 is 0 Å². The van der Waals surface area contributed by atoms with Crippen molar-refractivity contribution in [3.8, 4) is 11.3 Å². The van der Waals surface area contributed by atoms with Gasteiger partial charge in [-0.2, -0.15) is 0 Å². The fourth-order valence-electron chi connectivity index (χ4n) is 6.13. The fourth-order valence-corrected chi connectivity index (χ4v) is 7.60. The lowest BCUT2D eigenvalue weighted by atomic mass is 9.87. The van der Waals surface area contributed by atoms with Crippen molar-refractivity contribution in [3.05, 3.63) is 52.8 Å². The molecule has 182 valence electrons. The fraction of sp³-hybridized carbons (Fsp3) is 0.536. The maximum absolute atomic E-state index is 11.8. The molecule has 0 amide bonds. The molecule has 0 bridgehead atoms. The second-order valence-corrected chi connectivity index (χ2v) is 13.0. The van der Waals surface area contributed by atoms with E-state index in [1.165, 1.54) is 33.3 Å². The molecular formula is C28H37N3O2S. The molecule has 5 rings (SSSR count). The van der Waals surface area contributed by atoms with E-state index in [0.29, 0.717) is 29.4 Å². The first-order chi connectivity index (χ1) is 16.2. The van der Waals surface area contributed by atoms with Crippen LogP contribution in [0, 0.1) is 13.8 Å². The summed E-state index contributed by atoms with van der Waals surface area (Å²) in [6.45, 7) is 10.8. The number of likely N-dealkylation sites (tertiary alicyclic amines) is 1. The molecule has 0 unspecified atom stereocenters. The molecule has 2 aliphatic rings. The Hall–Kier alpha value is -2.18. The van der Waals surface area contributed by atoms with Gasteiger partial charge in [-0.25, -0.2) is 8.42 Å². The van der Waals surface area contributed by atoms with Gasteiger partial charge in [-0.3, -0.25) is 4.98 Å². The van der Waals surface area contributed by atoms with Crippen LogP contribution >= 0.6 is 0 Å². The third-order valence-electron chi connectivity index (χ3n) is 7.85. The largest absolute Gasteiger partial charge is 0.354 e. The number of sulfone groups is 1. The van der Waals surface area contributed by atoms with Crippen LogP contribution in [0.1, 0.15) is 73.9 Å². The van der Waals surface area contributed by atoms with Gasteiger partial charge >= 0.3 is 0 Å². The Kier molecular flexibility index (Phi) is 6.32. The van der Waals surface area contributed by atoms with Gasteiger partial charge in [-0.15, -0.1) is 0 Å². The molecule has 4 heterocycles. The molecule has 0 spiro atoms. The van der Waals surface area contributed by atoms with Crippen molar-refractivity contribution in [1.29, 1.82) is 0 Å². The summed E-state index contributed by atoms with van der Waals surface area (Å²) >= 11 is 0. The predicted octanol–water partition coefficient (Wildman–Crippen LogP) is 5.73. The van der Waals surface area contributed by atoms with Crippen LogP contribution in [0.5, 0.6) is 0 Å². The van der Waals surface area contributed by atoms with Gasteiger partial charge in [0.1, 0.15) is 9.84 Å². The molecule has 1 N–H and O–H groups in total. The van der Waals surface area contributed by atoms with E-state index in [-0.39, 0.29) is 0 Å².